The first-order valence-corrected chi connectivity index (χ1v) is 5.93. The second-order valence-electron chi connectivity index (χ2n) is 4.79. The Hall–Kier alpha value is -0.830. The molecule has 0 aromatic carbocycles. The van der Waals surface area contributed by atoms with Crippen LogP contribution in [0.25, 0.3) is 0 Å². The third-order valence-corrected chi connectivity index (χ3v) is 3.87. The first-order valence-electron chi connectivity index (χ1n) is 5.93. The Kier molecular flexibility index (Phi) is 2.83. The van der Waals surface area contributed by atoms with Crippen molar-refractivity contribution in [1.29, 1.82) is 0 Å². The van der Waals surface area contributed by atoms with Crippen LogP contribution in [0.1, 0.15) is 38.8 Å². The van der Waals surface area contributed by atoms with Crippen molar-refractivity contribution in [3.8, 4) is 0 Å². The zero-order valence-corrected chi connectivity index (χ0v) is 9.95. The molecule has 2 rings (SSSR count). The highest BCUT2D eigenvalue weighted by Gasteiger charge is 2.39. The Bertz CT molecular complexity index is 331. The van der Waals surface area contributed by atoms with Gasteiger partial charge >= 0.3 is 0 Å². The molecule has 1 N–H and O–H groups in total. The van der Waals surface area contributed by atoms with E-state index in [9.17, 15) is 0 Å². The zero-order chi connectivity index (χ0) is 10.9. The lowest BCUT2D eigenvalue weighted by Crippen LogP contribution is -2.24. The van der Waals surface area contributed by atoms with Crippen LogP contribution >= 0.6 is 0 Å². The molecule has 1 aromatic rings. The van der Waals surface area contributed by atoms with Crippen molar-refractivity contribution in [3.05, 3.63) is 18.0 Å². The highest BCUT2D eigenvalue weighted by Crippen LogP contribution is 2.40. The number of nitrogens with one attached hydrogen (secondary N) is 1. The number of aryl methyl sites for hydroxylation is 1. The predicted molar refractivity (Wildman–Crippen MR) is 61.9 cm³/mol. The number of aromatic nitrogens is 2. The van der Waals surface area contributed by atoms with Crippen LogP contribution < -0.4 is 5.32 Å². The van der Waals surface area contributed by atoms with E-state index >= 15 is 0 Å². The Morgan fingerprint density at radius 1 is 1.60 bits per heavy atom. The van der Waals surface area contributed by atoms with E-state index in [1.54, 1.807) is 0 Å². The summed E-state index contributed by atoms with van der Waals surface area (Å²) in [6.07, 6.45) is 3.30. The van der Waals surface area contributed by atoms with Gasteiger partial charge in [0.2, 0.25) is 0 Å². The molecule has 2 heterocycles. The molecule has 0 radical (unpaired) electrons. The van der Waals surface area contributed by atoms with Gasteiger partial charge in [-0.1, -0.05) is 13.8 Å². The fourth-order valence-corrected chi connectivity index (χ4v) is 2.44. The second kappa shape index (κ2) is 3.97. The average Bonchev–Trinajstić information content (AvgIpc) is 2.84. The second-order valence-corrected chi connectivity index (χ2v) is 4.79. The summed E-state index contributed by atoms with van der Waals surface area (Å²) in [7, 11) is 0. The minimum atomic E-state index is 0.382. The molecule has 1 aliphatic rings. The Labute approximate surface area is 91.9 Å². The van der Waals surface area contributed by atoms with E-state index in [1.807, 2.05) is 4.68 Å². The number of nitrogens with zero attached hydrogens (tertiary/aromatic N) is 2. The molecule has 1 aromatic heterocycles. The molecule has 0 saturated carbocycles. The minimum absolute atomic E-state index is 0.382. The average molecular weight is 207 g/mol. The fraction of sp³-hybridized carbons (Fsp3) is 0.750. The van der Waals surface area contributed by atoms with E-state index < -0.39 is 0 Å². The molecule has 0 unspecified atom stereocenters. The van der Waals surface area contributed by atoms with Crippen molar-refractivity contribution in [1.82, 2.24) is 15.1 Å². The molecule has 1 saturated heterocycles. The normalized spacial score (nSPS) is 31.0. The summed E-state index contributed by atoms with van der Waals surface area (Å²) in [6, 6.07) is 2.18. The van der Waals surface area contributed by atoms with Gasteiger partial charge in [-0.2, -0.15) is 5.10 Å². The van der Waals surface area contributed by atoms with Gasteiger partial charge in [-0.05, 0) is 24.8 Å². The fourth-order valence-electron chi connectivity index (χ4n) is 2.44. The molecule has 3 nitrogen and oxygen atoms in total. The van der Waals surface area contributed by atoms with E-state index in [-0.39, 0.29) is 0 Å². The van der Waals surface area contributed by atoms with Crippen molar-refractivity contribution >= 4 is 0 Å². The smallest absolute Gasteiger partial charge is 0.0674 e. The van der Waals surface area contributed by atoms with Crippen molar-refractivity contribution in [3.63, 3.8) is 0 Å². The SMILES string of the molecule is CCn1ccc([C@@H]2CNC[C@@]2(C)CC)n1. The maximum absolute atomic E-state index is 4.63. The topological polar surface area (TPSA) is 29.9 Å². The van der Waals surface area contributed by atoms with Crippen molar-refractivity contribution in [2.75, 3.05) is 13.1 Å². The van der Waals surface area contributed by atoms with Gasteiger partial charge in [0.15, 0.2) is 0 Å². The summed E-state index contributed by atoms with van der Waals surface area (Å²) >= 11 is 0. The quantitative estimate of drug-likeness (QED) is 0.821. The lowest BCUT2D eigenvalue weighted by molar-refractivity contribution is 0.303. The number of hydrogen-bond donors (Lipinski definition) is 1. The third-order valence-electron chi connectivity index (χ3n) is 3.87. The molecule has 1 aliphatic heterocycles. The molecule has 84 valence electrons. The molecule has 15 heavy (non-hydrogen) atoms. The predicted octanol–water partition coefficient (Wildman–Crippen LogP) is 2.01. The molecule has 0 amide bonds. The van der Waals surface area contributed by atoms with E-state index in [4.69, 9.17) is 0 Å². The van der Waals surface area contributed by atoms with Gasteiger partial charge in [-0.25, -0.2) is 0 Å². The van der Waals surface area contributed by atoms with E-state index in [1.165, 1.54) is 12.1 Å². The number of rotatable bonds is 3. The summed E-state index contributed by atoms with van der Waals surface area (Å²) in [6.45, 7) is 9.92. The summed E-state index contributed by atoms with van der Waals surface area (Å²) in [5.74, 6) is 0.579. The van der Waals surface area contributed by atoms with E-state index in [2.05, 4.69) is 43.4 Å². The van der Waals surface area contributed by atoms with Gasteiger partial charge in [0, 0.05) is 31.7 Å². The Morgan fingerprint density at radius 2 is 2.40 bits per heavy atom. The summed E-state index contributed by atoms with van der Waals surface area (Å²) in [4.78, 5) is 0. The van der Waals surface area contributed by atoms with E-state index in [0.717, 1.165) is 19.6 Å². The van der Waals surface area contributed by atoms with Crippen molar-refractivity contribution in [2.24, 2.45) is 5.41 Å². The zero-order valence-electron chi connectivity index (χ0n) is 9.95. The Morgan fingerprint density at radius 3 is 3.00 bits per heavy atom. The summed E-state index contributed by atoms with van der Waals surface area (Å²) in [5.41, 5.74) is 1.64. The van der Waals surface area contributed by atoms with Crippen LogP contribution in [-0.2, 0) is 6.54 Å². The monoisotopic (exact) mass is 207 g/mol. The highest BCUT2D eigenvalue weighted by molar-refractivity contribution is 5.15. The van der Waals surface area contributed by atoms with Gasteiger partial charge in [0.05, 0.1) is 5.69 Å². The van der Waals surface area contributed by atoms with Crippen LogP contribution in [0.2, 0.25) is 0 Å². The largest absolute Gasteiger partial charge is 0.315 e. The Balaban J connectivity index is 2.22. The number of hydrogen-bond acceptors (Lipinski definition) is 2. The summed E-state index contributed by atoms with van der Waals surface area (Å²) < 4.78 is 2.02. The van der Waals surface area contributed by atoms with Gasteiger partial charge in [0.1, 0.15) is 0 Å². The van der Waals surface area contributed by atoms with Gasteiger partial charge in [-0.15, -0.1) is 0 Å². The van der Waals surface area contributed by atoms with Crippen LogP contribution in [0, 0.1) is 5.41 Å². The molecule has 0 bridgehead atoms. The lowest BCUT2D eigenvalue weighted by atomic mass is 9.76. The molecule has 0 aliphatic carbocycles. The molecule has 2 atom stereocenters. The van der Waals surface area contributed by atoms with Crippen LogP contribution in [-0.4, -0.2) is 22.9 Å². The van der Waals surface area contributed by atoms with Gasteiger partial charge in [0.25, 0.3) is 0 Å². The van der Waals surface area contributed by atoms with Gasteiger partial charge in [-0.3, -0.25) is 4.68 Å². The first-order chi connectivity index (χ1) is 7.19. The summed E-state index contributed by atoms with van der Waals surface area (Å²) in [5, 5.41) is 8.12. The van der Waals surface area contributed by atoms with Crippen LogP contribution in [0.4, 0.5) is 0 Å². The molecule has 3 heteroatoms. The molecular formula is C12H21N3. The maximum atomic E-state index is 4.63. The standard InChI is InChI=1S/C12H21N3/c1-4-12(3)9-13-8-10(12)11-6-7-15(5-2)14-11/h6-7,10,13H,4-5,8-9H2,1-3H3/t10-,12+/m0/s1. The highest BCUT2D eigenvalue weighted by atomic mass is 15.3. The van der Waals surface area contributed by atoms with Crippen molar-refractivity contribution in [2.45, 2.75) is 39.7 Å². The molecular weight excluding hydrogens is 186 g/mol. The third kappa shape index (κ3) is 1.81. The first kappa shape index (κ1) is 10.7. The molecule has 0 spiro atoms. The van der Waals surface area contributed by atoms with Crippen LogP contribution in [0.15, 0.2) is 12.3 Å². The van der Waals surface area contributed by atoms with Crippen LogP contribution in [0.5, 0.6) is 0 Å². The minimum Gasteiger partial charge on any atom is -0.315 e. The van der Waals surface area contributed by atoms with Crippen molar-refractivity contribution < 1.29 is 0 Å². The lowest BCUT2D eigenvalue weighted by Gasteiger charge is -2.27. The van der Waals surface area contributed by atoms with E-state index in [0.29, 0.717) is 11.3 Å². The molecule has 1 fully saturated rings. The van der Waals surface area contributed by atoms with Crippen LogP contribution in [0.3, 0.4) is 0 Å². The van der Waals surface area contributed by atoms with Gasteiger partial charge < -0.3 is 5.32 Å². The maximum Gasteiger partial charge on any atom is 0.0674 e.